The van der Waals surface area contributed by atoms with Crippen LogP contribution in [0.25, 0.3) is 0 Å². The molecule has 0 unspecified atom stereocenters. The fraction of sp³-hybridized carbons (Fsp3) is 0.389. The van der Waals surface area contributed by atoms with Gasteiger partial charge in [0.15, 0.2) is 18.1 Å². The number of carbonyl (C=O) groups excluding carboxylic acids is 1. The van der Waals surface area contributed by atoms with E-state index in [0.29, 0.717) is 11.3 Å². The van der Waals surface area contributed by atoms with E-state index in [2.05, 4.69) is 10.4 Å². The number of aliphatic carboxylic acids is 1. The van der Waals surface area contributed by atoms with Crippen molar-refractivity contribution in [2.45, 2.75) is 25.3 Å². The van der Waals surface area contributed by atoms with Crippen molar-refractivity contribution in [1.82, 2.24) is 15.1 Å². The van der Waals surface area contributed by atoms with E-state index in [9.17, 15) is 9.59 Å². The van der Waals surface area contributed by atoms with Gasteiger partial charge in [-0.3, -0.25) is 9.48 Å². The van der Waals surface area contributed by atoms with Gasteiger partial charge in [-0.2, -0.15) is 5.10 Å². The number of benzene rings is 1. The van der Waals surface area contributed by atoms with Crippen molar-refractivity contribution < 1.29 is 24.2 Å². The lowest BCUT2D eigenvalue weighted by atomic mass is 9.92. The number of fused-ring (bicyclic) bond motifs is 1. The highest BCUT2D eigenvalue weighted by atomic mass is 16.5. The topological polar surface area (TPSA) is 103 Å². The molecule has 138 valence electrons. The van der Waals surface area contributed by atoms with Gasteiger partial charge in [-0.05, 0) is 37.5 Å². The van der Waals surface area contributed by atoms with Crippen LogP contribution in [0.5, 0.6) is 11.5 Å². The van der Waals surface area contributed by atoms with E-state index >= 15 is 0 Å². The van der Waals surface area contributed by atoms with Crippen LogP contribution in [0.15, 0.2) is 24.4 Å². The molecule has 0 aliphatic heterocycles. The third kappa shape index (κ3) is 3.63. The molecule has 1 aromatic heterocycles. The average molecular weight is 359 g/mol. The number of hydrogen-bond acceptors (Lipinski definition) is 5. The molecule has 1 amide bonds. The second-order valence-electron chi connectivity index (χ2n) is 6.14. The van der Waals surface area contributed by atoms with Crippen molar-refractivity contribution >= 4 is 11.9 Å². The van der Waals surface area contributed by atoms with Gasteiger partial charge in [0.05, 0.1) is 19.3 Å². The van der Waals surface area contributed by atoms with Crippen LogP contribution < -0.4 is 14.8 Å². The summed E-state index contributed by atoms with van der Waals surface area (Å²) in [4.78, 5) is 23.4. The normalized spacial score (nSPS) is 15.8. The SMILES string of the molecule is COc1ccc(C(=O)N[C@@H]2CCCc3c2cnn3C)cc1OCC(=O)O. The Morgan fingerprint density at radius 3 is 2.92 bits per heavy atom. The maximum absolute atomic E-state index is 12.7. The first kappa shape index (κ1) is 17.8. The lowest BCUT2D eigenvalue weighted by Crippen LogP contribution is -2.31. The minimum atomic E-state index is -1.10. The smallest absolute Gasteiger partial charge is 0.341 e. The molecule has 1 heterocycles. The molecule has 1 aliphatic carbocycles. The minimum Gasteiger partial charge on any atom is -0.493 e. The van der Waals surface area contributed by atoms with Crippen LogP contribution >= 0.6 is 0 Å². The van der Waals surface area contributed by atoms with Crippen LogP contribution in [0, 0.1) is 0 Å². The van der Waals surface area contributed by atoms with E-state index in [0.717, 1.165) is 30.5 Å². The van der Waals surface area contributed by atoms with Crippen molar-refractivity contribution in [3.8, 4) is 11.5 Å². The monoisotopic (exact) mass is 359 g/mol. The van der Waals surface area contributed by atoms with Crippen LogP contribution in [0.2, 0.25) is 0 Å². The predicted molar refractivity (Wildman–Crippen MR) is 92.5 cm³/mol. The van der Waals surface area contributed by atoms with E-state index < -0.39 is 12.6 Å². The first-order chi connectivity index (χ1) is 12.5. The molecule has 0 bridgehead atoms. The predicted octanol–water partition coefficient (Wildman–Crippen LogP) is 1.70. The summed E-state index contributed by atoms with van der Waals surface area (Å²) >= 11 is 0. The van der Waals surface area contributed by atoms with E-state index in [1.165, 1.54) is 13.2 Å². The zero-order valence-corrected chi connectivity index (χ0v) is 14.7. The molecule has 8 nitrogen and oxygen atoms in total. The van der Waals surface area contributed by atoms with E-state index in [-0.39, 0.29) is 17.7 Å². The van der Waals surface area contributed by atoms with Crippen molar-refractivity contribution in [3.63, 3.8) is 0 Å². The number of carboxylic acids is 1. The number of carbonyl (C=O) groups is 2. The number of nitrogens with one attached hydrogen (secondary N) is 1. The number of aromatic nitrogens is 2. The van der Waals surface area contributed by atoms with Crippen molar-refractivity contribution in [2.24, 2.45) is 7.05 Å². The molecule has 1 aliphatic rings. The molecule has 0 saturated carbocycles. The van der Waals surface area contributed by atoms with Gasteiger partial charge >= 0.3 is 5.97 Å². The van der Waals surface area contributed by atoms with Gasteiger partial charge in [-0.1, -0.05) is 0 Å². The number of carboxylic acid groups (broad SMARTS) is 1. The first-order valence-corrected chi connectivity index (χ1v) is 8.34. The summed E-state index contributed by atoms with van der Waals surface area (Å²) in [6.45, 7) is -0.511. The summed E-state index contributed by atoms with van der Waals surface area (Å²) in [6, 6.07) is 4.60. The van der Waals surface area contributed by atoms with Crippen molar-refractivity contribution in [1.29, 1.82) is 0 Å². The van der Waals surface area contributed by atoms with Crippen LogP contribution in [-0.4, -0.2) is 40.5 Å². The maximum atomic E-state index is 12.7. The third-order valence-electron chi connectivity index (χ3n) is 4.46. The molecule has 0 spiro atoms. The quantitative estimate of drug-likeness (QED) is 0.814. The Morgan fingerprint density at radius 1 is 1.38 bits per heavy atom. The zero-order valence-electron chi connectivity index (χ0n) is 14.7. The maximum Gasteiger partial charge on any atom is 0.341 e. The summed E-state index contributed by atoms with van der Waals surface area (Å²) in [5.74, 6) is -0.772. The molecular weight excluding hydrogens is 338 g/mol. The van der Waals surface area contributed by atoms with Crippen LogP contribution in [-0.2, 0) is 18.3 Å². The number of hydrogen-bond donors (Lipinski definition) is 2. The standard InChI is InChI=1S/C18H21N3O5/c1-21-14-5-3-4-13(12(14)9-19-21)20-18(24)11-6-7-15(25-2)16(8-11)26-10-17(22)23/h6-9,13H,3-5,10H2,1-2H3,(H,20,24)(H,22,23)/t13-/m1/s1. The highest BCUT2D eigenvalue weighted by molar-refractivity contribution is 5.95. The van der Waals surface area contributed by atoms with Crippen LogP contribution in [0.3, 0.4) is 0 Å². The highest BCUT2D eigenvalue weighted by Gasteiger charge is 2.25. The zero-order chi connectivity index (χ0) is 18.7. The van der Waals surface area contributed by atoms with E-state index in [1.54, 1.807) is 18.3 Å². The van der Waals surface area contributed by atoms with Crippen molar-refractivity contribution in [3.05, 3.63) is 41.2 Å². The van der Waals surface area contributed by atoms with Gasteiger partial charge < -0.3 is 19.9 Å². The fourth-order valence-corrected chi connectivity index (χ4v) is 3.17. The number of aryl methyl sites for hydroxylation is 1. The molecule has 2 aromatic rings. The number of methoxy groups -OCH3 is 1. The second-order valence-corrected chi connectivity index (χ2v) is 6.14. The minimum absolute atomic E-state index is 0.0922. The van der Waals surface area contributed by atoms with Crippen LogP contribution in [0.4, 0.5) is 0 Å². The lowest BCUT2D eigenvalue weighted by molar-refractivity contribution is -0.139. The Hall–Kier alpha value is -3.03. The first-order valence-electron chi connectivity index (χ1n) is 8.34. The largest absolute Gasteiger partial charge is 0.493 e. The van der Waals surface area contributed by atoms with Gasteiger partial charge in [-0.25, -0.2) is 4.79 Å². The lowest BCUT2D eigenvalue weighted by Gasteiger charge is -2.24. The Balaban J connectivity index is 1.78. The summed E-state index contributed by atoms with van der Waals surface area (Å²) < 4.78 is 12.2. The van der Waals surface area contributed by atoms with Gasteiger partial charge in [0, 0.05) is 23.9 Å². The van der Waals surface area contributed by atoms with Gasteiger partial charge in [0.25, 0.3) is 5.91 Å². The average Bonchev–Trinajstić information content (AvgIpc) is 3.02. The summed E-state index contributed by atoms with van der Waals surface area (Å²) in [5, 5.41) is 16.1. The molecule has 0 saturated heterocycles. The van der Waals surface area contributed by atoms with E-state index in [4.69, 9.17) is 14.6 Å². The summed E-state index contributed by atoms with van der Waals surface area (Å²) in [6.07, 6.45) is 4.58. The summed E-state index contributed by atoms with van der Waals surface area (Å²) in [7, 11) is 3.35. The second kappa shape index (κ2) is 7.47. The Labute approximate surface area is 150 Å². The van der Waals surface area contributed by atoms with Crippen LogP contribution in [0.1, 0.15) is 40.5 Å². The molecule has 0 fully saturated rings. The fourth-order valence-electron chi connectivity index (χ4n) is 3.17. The Bertz CT molecular complexity index is 830. The highest BCUT2D eigenvalue weighted by Crippen LogP contribution is 2.31. The molecule has 1 atom stereocenters. The number of ether oxygens (including phenoxy) is 2. The molecule has 0 radical (unpaired) electrons. The molecule has 8 heteroatoms. The number of rotatable bonds is 6. The molecule has 26 heavy (non-hydrogen) atoms. The number of nitrogens with zero attached hydrogens (tertiary/aromatic N) is 2. The number of amides is 1. The third-order valence-corrected chi connectivity index (χ3v) is 4.46. The van der Waals surface area contributed by atoms with Crippen molar-refractivity contribution in [2.75, 3.05) is 13.7 Å². The van der Waals surface area contributed by atoms with Gasteiger partial charge in [-0.15, -0.1) is 0 Å². The molecule has 1 aromatic carbocycles. The Morgan fingerprint density at radius 2 is 2.19 bits per heavy atom. The van der Waals surface area contributed by atoms with E-state index in [1.807, 2.05) is 11.7 Å². The summed E-state index contributed by atoms with van der Waals surface area (Å²) in [5.41, 5.74) is 2.56. The molecular formula is C18H21N3O5. The van der Waals surface area contributed by atoms with Gasteiger partial charge in [0.2, 0.25) is 0 Å². The molecule has 2 N–H and O–H groups in total. The van der Waals surface area contributed by atoms with Gasteiger partial charge in [0.1, 0.15) is 0 Å². The Kier molecular flexibility index (Phi) is 5.11. The molecule has 3 rings (SSSR count).